The van der Waals surface area contributed by atoms with Gasteiger partial charge in [0.25, 0.3) is 0 Å². The molecule has 6 heteroatoms. The van der Waals surface area contributed by atoms with Gasteiger partial charge in [0.1, 0.15) is 11.5 Å². The lowest BCUT2D eigenvalue weighted by molar-refractivity contribution is -0.156. The van der Waals surface area contributed by atoms with E-state index < -0.39 is 18.0 Å². The van der Waals surface area contributed by atoms with Crippen molar-refractivity contribution in [1.29, 1.82) is 0 Å². The van der Waals surface area contributed by atoms with Gasteiger partial charge in [0.15, 0.2) is 0 Å². The highest BCUT2D eigenvalue weighted by atomic mass is 16.6. The van der Waals surface area contributed by atoms with E-state index in [0.717, 1.165) is 0 Å². The summed E-state index contributed by atoms with van der Waals surface area (Å²) in [6.45, 7) is 0.285. The Labute approximate surface area is 122 Å². The van der Waals surface area contributed by atoms with Crippen LogP contribution in [-0.4, -0.2) is 38.9 Å². The number of hydrogen-bond donors (Lipinski definition) is 0. The second kappa shape index (κ2) is 6.78. The third-order valence-electron chi connectivity index (χ3n) is 2.99. The van der Waals surface area contributed by atoms with Gasteiger partial charge in [0.2, 0.25) is 6.10 Å². The number of methoxy groups -OCH3 is 2. The topological polar surface area (TPSA) is 71.1 Å². The number of esters is 2. The van der Waals surface area contributed by atoms with E-state index >= 15 is 0 Å². The van der Waals surface area contributed by atoms with Gasteiger partial charge in [-0.25, -0.2) is 9.59 Å². The fourth-order valence-electron chi connectivity index (χ4n) is 1.88. The normalized spacial score (nSPS) is 17.6. The molecule has 0 radical (unpaired) electrons. The summed E-state index contributed by atoms with van der Waals surface area (Å²) in [7, 11) is 3.08. The largest absolute Gasteiger partial charge is 0.497 e. The summed E-state index contributed by atoms with van der Waals surface area (Å²) in [5.74, 6) is 0.120. The van der Waals surface area contributed by atoms with E-state index in [1.807, 2.05) is 0 Å². The Hall–Kier alpha value is -2.50. The minimum Gasteiger partial charge on any atom is -0.497 e. The number of carbonyl (C=O) groups excluding carboxylic acids is 2. The monoisotopic (exact) mass is 292 g/mol. The highest BCUT2D eigenvalue weighted by molar-refractivity contribution is 5.90. The minimum absolute atomic E-state index is 0.285. The van der Waals surface area contributed by atoms with Crippen LogP contribution >= 0.6 is 0 Å². The zero-order chi connectivity index (χ0) is 15.2. The Morgan fingerprint density at radius 3 is 2.76 bits per heavy atom. The fourth-order valence-corrected chi connectivity index (χ4v) is 1.88. The van der Waals surface area contributed by atoms with E-state index in [4.69, 9.17) is 18.9 Å². The molecule has 0 bridgehead atoms. The molecule has 2 rings (SSSR count). The molecule has 0 N–H and O–H groups in total. The zero-order valence-corrected chi connectivity index (χ0v) is 11.8. The summed E-state index contributed by atoms with van der Waals surface area (Å²) in [6, 6.07) is 5.21. The number of cyclic esters (lactones) is 1. The number of rotatable bonds is 5. The molecule has 0 aromatic heterocycles. The molecule has 1 atom stereocenters. The third kappa shape index (κ3) is 3.75. The average Bonchev–Trinajstić information content (AvgIpc) is 2.90. The van der Waals surface area contributed by atoms with Crippen molar-refractivity contribution in [3.63, 3.8) is 0 Å². The molecular formula is C15H16O6. The SMILES string of the molecule is COc1ccc(/C=C/C(=O)O[C@H]2CCOC2=O)c(OC)c1. The number of hydrogen-bond acceptors (Lipinski definition) is 6. The highest BCUT2D eigenvalue weighted by Gasteiger charge is 2.29. The molecule has 112 valence electrons. The van der Waals surface area contributed by atoms with Crippen molar-refractivity contribution in [2.24, 2.45) is 0 Å². The third-order valence-corrected chi connectivity index (χ3v) is 2.99. The van der Waals surface area contributed by atoms with Crippen LogP contribution < -0.4 is 9.47 Å². The molecule has 1 aromatic rings. The van der Waals surface area contributed by atoms with Crippen LogP contribution in [0.3, 0.4) is 0 Å². The van der Waals surface area contributed by atoms with Gasteiger partial charge in [0.05, 0.1) is 20.8 Å². The Morgan fingerprint density at radius 1 is 1.33 bits per heavy atom. The van der Waals surface area contributed by atoms with E-state index in [2.05, 4.69) is 0 Å². The van der Waals surface area contributed by atoms with Crippen LogP contribution in [0.15, 0.2) is 24.3 Å². The second-order valence-corrected chi connectivity index (χ2v) is 4.32. The molecule has 1 heterocycles. The lowest BCUT2D eigenvalue weighted by atomic mass is 10.1. The van der Waals surface area contributed by atoms with E-state index in [9.17, 15) is 9.59 Å². The van der Waals surface area contributed by atoms with Crippen molar-refractivity contribution in [2.45, 2.75) is 12.5 Å². The summed E-state index contributed by atoms with van der Waals surface area (Å²) < 4.78 is 20.0. The molecule has 6 nitrogen and oxygen atoms in total. The van der Waals surface area contributed by atoms with Crippen molar-refractivity contribution in [2.75, 3.05) is 20.8 Å². The van der Waals surface area contributed by atoms with Crippen LogP contribution in [0.25, 0.3) is 6.08 Å². The Bertz CT molecular complexity index is 563. The second-order valence-electron chi connectivity index (χ2n) is 4.32. The van der Waals surface area contributed by atoms with Crippen LogP contribution in [0.4, 0.5) is 0 Å². The number of benzene rings is 1. The Morgan fingerprint density at radius 2 is 2.14 bits per heavy atom. The van der Waals surface area contributed by atoms with Crippen molar-refractivity contribution in [1.82, 2.24) is 0 Å². The van der Waals surface area contributed by atoms with Crippen molar-refractivity contribution >= 4 is 18.0 Å². The van der Waals surface area contributed by atoms with E-state index in [1.54, 1.807) is 31.4 Å². The molecule has 1 saturated heterocycles. The maximum Gasteiger partial charge on any atom is 0.347 e. The van der Waals surface area contributed by atoms with Crippen LogP contribution in [-0.2, 0) is 19.1 Å². The summed E-state index contributed by atoms with van der Waals surface area (Å²) in [4.78, 5) is 22.9. The van der Waals surface area contributed by atoms with Gasteiger partial charge in [0, 0.05) is 24.1 Å². The Kier molecular flexibility index (Phi) is 4.81. The van der Waals surface area contributed by atoms with Gasteiger partial charge >= 0.3 is 11.9 Å². The van der Waals surface area contributed by atoms with Gasteiger partial charge in [-0.2, -0.15) is 0 Å². The summed E-state index contributed by atoms with van der Waals surface area (Å²) in [5, 5.41) is 0. The highest BCUT2D eigenvalue weighted by Crippen LogP contribution is 2.25. The summed E-state index contributed by atoms with van der Waals surface area (Å²) in [6.07, 6.45) is 2.39. The molecular weight excluding hydrogens is 276 g/mol. The van der Waals surface area contributed by atoms with Gasteiger partial charge in [-0.05, 0) is 18.2 Å². The van der Waals surface area contributed by atoms with E-state index in [-0.39, 0.29) is 6.61 Å². The van der Waals surface area contributed by atoms with Crippen molar-refractivity contribution in [3.8, 4) is 11.5 Å². The first-order chi connectivity index (χ1) is 10.1. The molecule has 0 unspecified atom stereocenters. The Balaban J connectivity index is 2.03. The van der Waals surface area contributed by atoms with Crippen LogP contribution in [0, 0.1) is 0 Å². The van der Waals surface area contributed by atoms with E-state index in [1.165, 1.54) is 13.2 Å². The standard InChI is InChI=1S/C15H16O6/c1-18-11-5-3-10(13(9-11)19-2)4-6-14(16)21-12-7-8-20-15(12)17/h3-6,9,12H,7-8H2,1-2H3/b6-4+/t12-/m0/s1. The van der Waals surface area contributed by atoms with Gasteiger partial charge in [-0.15, -0.1) is 0 Å². The van der Waals surface area contributed by atoms with Crippen molar-refractivity contribution in [3.05, 3.63) is 29.8 Å². The molecule has 1 aliphatic heterocycles. The molecule has 1 aliphatic rings. The van der Waals surface area contributed by atoms with Crippen LogP contribution in [0.5, 0.6) is 11.5 Å². The molecule has 0 aliphatic carbocycles. The molecule has 0 saturated carbocycles. The lowest BCUT2D eigenvalue weighted by Gasteiger charge is -2.08. The summed E-state index contributed by atoms with van der Waals surface area (Å²) >= 11 is 0. The lowest BCUT2D eigenvalue weighted by Crippen LogP contribution is -2.21. The molecule has 0 spiro atoms. The van der Waals surface area contributed by atoms with Gasteiger partial charge < -0.3 is 18.9 Å². The zero-order valence-electron chi connectivity index (χ0n) is 11.8. The van der Waals surface area contributed by atoms with Gasteiger partial charge in [-0.1, -0.05) is 0 Å². The van der Waals surface area contributed by atoms with Crippen LogP contribution in [0.2, 0.25) is 0 Å². The van der Waals surface area contributed by atoms with E-state index in [0.29, 0.717) is 23.5 Å². The van der Waals surface area contributed by atoms with Crippen molar-refractivity contribution < 1.29 is 28.5 Å². The first-order valence-electron chi connectivity index (χ1n) is 6.41. The average molecular weight is 292 g/mol. The first-order valence-corrected chi connectivity index (χ1v) is 6.41. The number of carbonyl (C=O) groups is 2. The molecule has 21 heavy (non-hydrogen) atoms. The summed E-state index contributed by atoms with van der Waals surface area (Å²) in [5.41, 5.74) is 0.698. The minimum atomic E-state index is -0.806. The molecule has 1 fully saturated rings. The predicted molar refractivity (Wildman–Crippen MR) is 74.0 cm³/mol. The quantitative estimate of drug-likeness (QED) is 0.606. The maximum atomic E-state index is 11.7. The fraction of sp³-hybridized carbons (Fsp3) is 0.333. The maximum absolute atomic E-state index is 11.7. The first kappa shape index (κ1) is 14.9. The molecule has 1 aromatic carbocycles. The number of ether oxygens (including phenoxy) is 4. The van der Waals surface area contributed by atoms with Crippen LogP contribution in [0.1, 0.15) is 12.0 Å². The smallest absolute Gasteiger partial charge is 0.347 e. The van der Waals surface area contributed by atoms with Gasteiger partial charge in [-0.3, -0.25) is 0 Å². The molecule has 0 amide bonds. The predicted octanol–water partition coefficient (Wildman–Crippen LogP) is 1.58.